The van der Waals surface area contributed by atoms with Gasteiger partial charge in [0.15, 0.2) is 12.3 Å². The summed E-state index contributed by atoms with van der Waals surface area (Å²) >= 11 is 0. The van der Waals surface area contributed by atoms with Crippen LogP contribution < -0.4 is 14.2 Å². The molecular weight excluding hydrogens is 625 g/mol. The normalized spacial score (nSPS) is 13.5. The Labute approximate surface area is 300 Å². The lowest BCUT2D eigenvalue weighted by Crippen LogP contribution is -2.36. The molecule has 0 unspecified atom stereocenters. The Balaban J connectivity index is 1.18. The SMILES string of the molecule is CCC(=Cc1oc2ccc(-c3ccccc3)cc2[n+]1CCc1ccccc1)C=C1Oc2ccc(-c3ccccc3)cc2N1CCc1ccccc1. The van der Waals surface area contributed by atoms with Crippen LogP contribution in [0.5, 0.6) is 5.75 Å². The van der Waals surface area contributed by atoms with Crippen molar-refractivity contribution >= 4 is 22.9 Å². The summed E-state index contributed by atoms with van der Waals surface area (Å²) in [6.07, 6.45) is 6.99. The van der Waals surface area contributed by atoms with Gasteiger partial charge in [-0.2, -0.15) is 4.57 Å². The number of hydrogen-bond donors (Lipinski definition) is 0. The van der Waals surface area contributed by atoms with Gasteiger partial charge in [0.1, 0.15) is 0 Å². The maximum absolute atomic E-state index is 6.64. The molecule has 0 bridgehead atoms. The lowest BCUT2D eigenvalue weighted by atomic mass is 10.0. The number of aromatic nitrogens is 1. The van der Waals surface area contributed by atoms with Gasteiger partial charge in [0.2, 0.25) is 11.5 Å². The van der Waals surface area contributed by atoms with Crippen molar-refractivity contribution in [2.24, 2.45) is 0 Å². The number of oxazole rings is 1. The number of benzene rings is 6. The molecule has 1 aliphatic heterocycles. The predicted molar refractivity (Wildman–Crippen MR) is 208 cm³/mol. The summed E-state index contributed by atoms with van der Waals surface area (Å²) in [6, 6.07) is 55.4. The number of aryl methyl sites for hydroxylation is 2. The standard InChI is InChI=1S/C47H41N2O2/c1-2-35(31-46-48(29-27-36-15-7-3-8-16-36)42-33-40(23-25-44(42)50-46)38-19-11-5-12-20-38)32-47-49(30-28-37-17-9-4-10-18-37)43-34-41(24-26-45(43)51-47)39-21-13-6-14-22-39/h3-26,31-34H,2,27-30H2,1H3/q+1. The Morgan fingerprint density at radius 2 is 1.22 bits per heavy atom. The van der Waals surface area contributed by atoms with Crippen LogP contribution in [0.25, 0.3) is 39.4 Å². The smallest absolute Gasteiger partial charge is 0.374 e. The zero-order valence-corrected chi connectivity index (χ0v) is 28.9. The van der Waals surface area contributed by atoms with Crippen molar-refractivity contribution in [3.8, 4) is 28.0 Å². The van der Waals surface area contributed by atoms with Crippen LogP contribution >= 0.6 is 0 Å². The molecule has 0 spiro atoms. The monoisotopic (exact) mass is 665 g/mol. The van der Waals surface area contributed by atoms with Crippen molar-refractivity contribution in [3.05, 3.63) is 192 Å². The molecule has 2 heterocycles. The Bertz CT molecular complexity index is 2310. The summed E-state index contributed by atoms with van der Waals surface area (Å²) in [4.78, 5) is 2.33. The number of nitrogens with zero attached hydrogens (tertiary/aromatic N) is 2. The summed E-state index contributed by atoms with van der Waals surface area (Å²) in [7, 11) is 0. The number of anilines is 1. The van der Waals surface area contributed by atoms with Gasteiger partial charge in [-0.05, 0) is 70.0 Å². The average molecular weight is 666 g/mol. The van der Waals surface area contributed by atoms with Gasteiger partial charge in [-0.15, -0.1) is 0 Å². The zero-order valence-electron chi connectivity index (χ0n) is 28.9. The summed E-state index contributed by atoms with van der Waals surface area (Å²) in [6.45, 7) is 3.78. The van der Waals surface area contributed by atoms with E-state index in [1.165, 1.54) is 33.4 Å². The number of hydrogen-bond acceptors (Lipinski definition) is 3. The van der Waals surface area contributed by atoms with Gasteiger partial charge in [-0.1, -0.05) is 140 Å². The molecule has 1 aliphatic rings. The van der Waals surface area contributed by atoms with E-state index in [0.717, 1.165) is 72.2 Å². The summed E-state index contributed by atoms with van der Waals surface area (Å²) in [5, 5.41) is 0. The highest BCUT2D eigenvalue weighted by Gasteiger charge is 2.28. The van der Waals surface area contributed by atoms with Crippen LogP contribution in [-0.4, -0.2) is 6.54 Å². The van der Waals surface area contributed by atoms with Gasteiger partial charge in [-0.25, -0.2) is 0 Å². The molecule has 0 amide bonds. The van der Waals surface area contributed by atoms with Gasteiger partial charge in [-0.3, -0.25) is 0 Å². The Hall–Kier alpha value is -6.13. The molecule has 0 aliphatic carbocycles. The topological polar surface area (TPSA) is 29.5 Å². The molecule has 0 fully saturated rings. The molecule has 0 saturated heterocycles. The second-order valence-corrected chi connectivity index (χ2v) is 13.0. The Kier molecular flexibility index (Phi) is 9.30. The number of rotatable bonds is 11. The van der Waals surface area contributed by atoms with Crippen LogP contribution in [0.2, 0.25) is 0 Å². The molecule has 0 saturated carbocycles. The van der Waals surface area contributed by atoms with Crippen LogP contribution in [0.4, 0.5) is 5.69 Å². The lowest BCUT2D eigenvalue weighted by molar-refractivity contribution is -0.677. The van der Waals surface area contributed by atoms with Gasteiger partial charge >= 0.3 is 5.89 Å². The van der Waals surface area contributed by atoms with Gasteiger partial charge in [0, 0.05) is 25.1 Å². The second kappa shape index (κ2) is 14.8. The highest BCUT2D eigenvalue weighted by atomic mass is 16.5. The molecule has 0 radical (unpaired) electrons. The molecule has 51 heavy (non-hydrogen) atoms. The second-order valence-electron chi connectivity index (χ2n) is 13.0. The Morgan fingerprint density at radius 1 is 0.627 bits per heavy atom. The minimum Gasteiger partial charge on any atom is -0.439 e. The summed E-state index contributed by atoms with van der Waals surface area (Å²) in [5.74, 6) is 2.54. The average Bonchev–Trinajstić information content (AvgIpc) is 3.72. The van der Waals surface area contributed by atoms with Crippen LogP contribution in [0.3, 0.4) is 0 Å². The van der Waals surface area contributed by atoms with E-state index < -0.39 is 0 Å². The minimum atomic E-state index is 0.794. The van der Waals surface area contributed by atoms with E-state index in [2.05, 4.69) is 186 Å². The third-order valence-electron chi connectivity index (χ3n) is 9.63. The third kappa shape index (κ3) is 7.13. The van der Waals surface area contributed by atoms with Crippen molar-refractivity contribution in [1.29, 1.82) is 0 Å². The molecule has 1 aromatic heterocycles. The first kappa shape index (κ1) is 32.1. The fourth-order valence-electron chi connectivity index (χ4n) is 6.83. The van der Waals surface area contributed by atoms with E-state index in [9.17, 15) is 0 Å². The van der Waals surface area contributed by atoms with Gasteiger partial charge < -0.3 is 14.1 Å². The summed E-state index contributed by atoms with van der Waals surface area (Å²) < 4.78 is 15.6. The maximum atomic E-state index is 6.64. The molecule has 0 N–H and O–H groups in total. The quantitative estimate of drug-likeness (QED) is 0.129. The third-order valence-corrected chi connectivity index (χ3v) is 9.63. The first-order chi connectivity index (χ1) is 25.2. The van der Waals surface area contributed by atoms with Crippen LogP contribution in [-0.2, 0) is 19.4 Å². The fraction of sp³-hybridized carbons (Fsp3) is 0.128. The summed E-state index contributed by atoms with van der Waals surface area (Å²) in [5.41, 5.74) is 11.5. The number of allylic oxidation sites excluding steroid dienone is 2. The van der Waals surface area contributed by atoms with E-state index in [4.69, 9.17) is 9.15 Å². The van der Waals surface area contributed by atoms with Crippen LogP contribution in [0.1, 0.15) is 30.4 Å². The fourth-order valence-corrected chi connectivity index (χ4v) is 6.83. The highest BCUT2D eigenvalue weighted by Crippen LogP contribution is 2.42. The van der Waals surface area contributed by atoms with Crippen LogP contribution in [0.15, 0.2) is 180 Å². The molecule has 7 aromatic rings. The molecule has 0 atom stereocenters. The molecule has 8 rings (SSSR count). The molecule has 4 nitrogen and oxygen atoms in total. The van der Waals surface area contributed by atoms with Crippen molar-refractivity contribution in [2.45, 2.75) is 32.7 Å². The molecule has 250 valence electrons. The zero-order chi connectivity index (χ0) is 34.4. The minimum absolute atomic E-state index is 0.794. The maximum Gasteiger partial charge on any atom is 0.374 e. The van der Waals surface area contributed by atoms with E-state index in [1.807, 2.05) is 0 Å². The number of ether oxygens (including phenoxy) is 1. The lowest BCUT2D eigenvalue weighted by Gasteiger charge is -2.19. The van der Waals surface area contributed by atoms with Crippen molar-refractivity contribution < 1.29 is 13.7 Å². The largest absolute Gasteiger partial charge is 0.439 e. The van der Waals surface area contributed by atoms with Crippen molar-refractivity contribution in [3.63, 3.8) is 0 Å². The van der Waals surface area contributed by atoms with E-state index in [-0.39, 0.29) is 0 Å². The molecule has 6 aromatic carbocycles. The van der Waals surface area contributed by atoms with Gasteiger partial charge in [0.25, 0.3) is 5.52 Å². The van der Waals surface area contributed by atoms with Crippen molar-refractivity contribution in [1.82, 2.24) is 0 Å². The highest BCUT2D eigenvalue weighted by molar-refractivity contribution is 5.79. The predicted octanol–water partition coefficient (Wildman–Crippen LogP) is 11.1. The van der Waals surface area contributed by atoms with Crippen molar-refractivity contribution in [2.75, 3.05) is 11.4 Å². The molecular formula is C47H41N2O2+. The van der Waals surface area contributed by atoms with E-state index >= 15 is 0 Å². The van der Waals surface area contributed by atoms with E-state index in [1.54, 1.807) is 0 Å². The first-order valence-electron chi connectivity index (χ1n) is 17.9. The Morgan fingerprint density at radius 3 is 1.86 bits per heavy atom. The molecule has 4 heteroatoms. The first-order valence-corrected chi connectivity index (χ1v) is 17.9. The van der Waals surface area contributed by atoms with E-state index in [0.29, 0.717) is 0 Å². The van der Waals surface area contributed by atoms with Gasteiger partial charge in [0.05, 0.1) is 11.8 Å². The van der Waals surface area contributed by atoms with Crippen LogP contribution in [0, 0.1) is 0 Å². The number of fused-ring (bicyclic) bond motifs is 2.